The lowest BCUT2D eigenvalue weighted by Gasteiger charge is -2.06. The number of halogens is 2. The molecular weight excluding hydrogens is 466 g/mol. The van der Waals surface area contributed by atoms with Crippen LogP contribution in [0, 0.1) is 6.92 Å². The van der Waals surface area contributed by atoms with Crippen molar-refractivity contribution in [3.63, 3.8) is 0 Å². The number of carbonyl (C=O) groups excluding carboxylic acids is 1. The van der Waals surface area contributed by atoms with Crippen molar-refractivity contribution in [3.05, 3.63) is 50.9 Å². The smallest absolute Gasteiger partial charge is 0.302 e. The Labute approximate surface area is 166 Å². The van der Waals surface area contributed by atoms with Crippen LogP contribution in [-0.4, -0.2) is 22.2 Å². The summed E-state index contributed by atoms with van der Waals surface area (Å²) in [7, 11) is 1.71. The fraction of sp³-hybridized carbons (Fsp3) is 0.167. The highest BCUT2D eigenvalue weighted by atomic mass is 79.9. The summed E-state index contributed by atoms with van der Waals surface area (Å²) in [5, 5.41) is 18.5. The minimum Gasteiger partial charge on any atom is -0.493 e. The van der Waals surface area contributed by atoms with Crippen molar-refractivity contribution in [2.45, 2.75) is 6.92 Å². The van der Waals surface area contributed by atoms with Crippen molar-refractivity contribution >= 4 is 54.4 Å². The van der Waals surface area contributed by atoms with Crippen molar-refractivity contribution in [1.29, 1.82) is 0 Å². The van der Waals surface area contributed by atoms with E-state index in [9.17, 15) is 9.90 Å². The molecule has 8 heteroatoms. The second-order valence-electron chi connectivity index (χ2n) is 5.71. The van der Waals surface area contributed by atoms with Crippen LogP contribution in [0.5, 0.6) is 11.6 Å². The van der Waals surface area contributed by atoms with Crippen LogP contribution in [0.2, 0.25) is 0 Å². The van der Waals surface area contributed by atoms with Gasteiger partial charge in [0, 0.05) is 16.9 Å². The van der Waals surface area contributed by atoms with Crippen molar-refractivity contribution in [2.24, 2.45) is 17.3 Å². The third kappa shape index (κ3) is 3.81. The highest BCUT2D eigenvalue weighted by molar-refractivity contribution is 9.10. The molecule has 134 valence electrons. The Morgan fingerprint density at radius 2 is 2.00 bits per heavy atom. The van der Waals surface area contributed by atoms with Crippen LogP contribution >= 0.6 is 31.9 Å². The summed E-state index contributed by atoms with van der Waals surface area (Å²) in [4.78, 5) is 12.0. The van der Waals surface area contributed by atoms with Crippen LogP contribution in [0.1, 0.15) is 5.56 Å². The lowest BCUT2D eigenvalue weighted by atomic mass is 10.2. The van der Waals surface area contributed by atoms with Gasteiger partial charge in [0.2, 0.25) is 5.88 Å². The Morgan fingerprint density at radius 3 is 2.73 bits per heavy atom. The average molecular weight is 481 g/mol. The molecule has 3 aromatic rings. The highest BCUT2D eigenvalue weighted by Gasteiger charge is 2.15. The molecule has 3 rings (SSSR count). The van der Waals surface area contributed by atoms with Gasteiger partial charge in [0.25, 0.3) is 0 Å². The van der Waals surface area contributed by atoms with E-state index in [2.05, 4.69) is 42.1 Å². The number of hydrogen-bond donors (Lipinski definition) is 1. The van der Waals surface area contributed by atoms with E-state index in [0.717, 1.165) is 20.0 Å². The molecule has 6 nitrogen and oxygen atoms in total. The molecule has 0 bridgehead atoms. The van der Waals surface area contributed by atoms with Gasteiger partial charge in [-0.1, -0.05) is 22.0 Å². The maximum atomic E-state index is 12.0. The van der Waals surface area contributed by atoms with Gasteiger partial charge < -0.3 is 14.4 Å². The number of fused-ring (bicyclic) bond motifs is 1. The fourth-order valence-corrected chi connectivity index (χ4v) is 3.45. The van der Waals surface area contributed by atoms with Crippen LogP contribution in [0.3, 0.4) is 0 Å². The van der Waals surface area contributed by atoms with Crippen molar-refractivity contribution in [2.75, 3.05) is 6.61 Å². The molecule has 0 atom stereocenters. The molecule has 0 radical (unpaired) electrons. The molecule has 1 N–H and O–H groups in total. The molecule has 2 aromatic carbocycles. The number of rotatable bonds is 4. The number of azo groups is 1. The molecule has 1 heterocycles. The molecule has 0 saturated heterocycles. The number of aromatic nitrogens is 1. The molecule has 0 aliphatic heterocycles. The van der Waals surface area contributed by atoms with E-state index >= 15 is 0 Å². The second-order valence-corrected chi connectivity index (χ2v) is 7.48. The lowest BCUT2D eigenvalue weighted by Crippen LogP contribution is -2.08. The molecule has 26 heavy (non-hydrogen) atoms. The molecule has 1 aromatic heterocycles. The lowest BCUT2D eigenvalue weighted by molar-refractivity contribution is -0.120. The monoisotopic (exact) mass is 479 g/mol. The SMILES string of the molecule is Cc1ccc(OCC(=O)N=Nc2c(O)n(C)c3ccc(Br)cc23)c(Br)c1. The average Bonchev–Trinajstić information content (AvgIpc) is 2.82. The van der Waals surface area contributed by atoms with E-state index in [4.69, 9.17) is 4.74 Å². The second kappa shape index (κ2) is 7.59. The summed E-state index contributed by atoms with van der Waals surface area (Å²) in [5.74, 6) is -0.0585. The van der Waals surface area contributed by atoms with Gasteiger partial charge >= 0.3 is 5.91 Å². The normalized spacial score (nSPS) is 11.4. The van der Waals surface area contributed by atoms with Gasteiger partial charge in [-0.3, -0.25) is 4.79 Å². The van der Waals surface area contributed by atoms with Crippen LogP contribution in [0.4, 0.5) is 5.69 Å². The Kier molecular flexibility index (Phi) is 5.43. The quantitative estimate of drug-likeness (QED) is 0.507. The summed E-state index contributed by atoms with van der Waals surface area (Å²) in [6.07, 6.45) is 0. The molecule has 0 saturated carbocycles. The van der Waals surface area contributed by atoms with Crippen LogP contribution in [0.25, 0.3) is 10.9 Å². The topological polar surface area (TPSA) is 76.2 Å². The van der Waals surface area contributed by atoms with E-state index < -0.39 is 5.91 Å². The van der Waals surface area contributed by atoms with E-state index in [1.807, 2.05) is 37.3 Å². The van der Waals surface area contributed by atoms with E-state index in [0.29, 0.717) is 11.1 Å². The summed E-state index contributed by atoms with van der Waals surface area (Å²) in [6, 6.07) is 11.1. The molecule has 0 aliphatic rings. The van der Waals surface area contributed by atoms with Crippen LogP contribution < -0.4 is 4.74 Å². The first-order valence-electron chi connectivity index (χ1n) is 7.67. The largest absolute Gasteiger partial charge is 0.493 e. The first-order chi connectivity index (χ1) is 12.4. The van der Waals surface area contributed by atoms with Gasteiger partial charge in [0.05, 0.1) is 9.99 Å². The number of aryl methyl sites for hydroxylation is 2. The first kappa shape index (κ1) is 18.6. The van der Waals surface area contributed by atoms with Crippen LogP contribution in [-0.2, 0) is 11.8 Å². The Bertz CT molecular complexity index is 1030. The summed E-state index contributed by atoms with van der Waals surface area (Å²) < 4.78 is 8.64. The summed E-state index contributed by atoms with van der Waals surface area (Å²) >= 11 is 6.78. The van der Waals surface area contributed by atoms with Crippen molar-refractivity contribution in [3.8, 4) is 11.6 Å². The predicted octanol–water partition coefficient (Wildman–Crippen LogP) is 5.41. The summed E-state index contributed by atoms with van der Waals surface area (Å²) in [6.45, 7) is 1.71. The number of nitrogens with zero attached hydrogens (tertiary/aromatic N) is 3. The molecule has 1 amide bonds. The van der Waals surface area contributed by atoms with Crippen molar-refractivity contribution < 1.29 is 14.6 Å². The Balaban J connectivity index is 1.77. The number of ether oxygens (including phenoxy) is 1. The molecule has 0 spiro atoms. The predicted molar refractivity (Wildman–Crippen MR) is 106 cm³/mol. The third-order valence-corrected chi connectivity index (χ3v) is 4.92. The van der Waals surface area contributed by atoms with Gasteiger partial charge in [-0.2, -0.15) is 0 Å². The zero-order valence-electron chi connectivity index (χ0n) is 14.0. The van der Waals surface area contributed by atoms with E-state index in [1.54, 1.807) is 17.7 Å². The standard InChI is InChI=1S/C18H15Br2N3O3/c1-10-3-6-15(13(20)7-10)26-9-16(24)21-22-17-12-8-11(19)4-5-14(12)23(2)18(17)25/h3-8,25H,9H2,1-2H3. The number of amides is 1. The van der Waals surface area contributed by atoms with Gasteiger partial charge in [-0.25, -0.2) is 0 Å². The number of benzene rings is 2. The first-order valence-corrected chi connectivity index (χ1v) is 9.26. The minimum absolute atomic E-state index is 0.0585. The highest BCUT2D eigenvalue weighted by Crippen LogP contribution is 2.39. The zero-order valence-corrected chi connectivity index (χ0v) is 17.2. The molecule has 0 unspecified atom stereocenters. The minimum atomic E-state index is -0.552. The maximum Gasteiger partial charge on any atom is 0.302 e. The maximum absolute atomic E-state index is 12.0. The summed E-state index contributed by atoms with van der Waals surface area (Å²) in [5.41, 5.74) is 2.11. The van der Waals surface area contributed by atoms with Gasteiger partial charge in [-0.15, -0.1) is 10.2 Å². The molecule has 0 aliphatic carbocycles. The Hall–Kier alpha value is -2.19. The van der Waals surface area contributed by atoms with Gasteiger partial charge in [0.15, 0.2) is 12.3 Å². The fourth-order valence-electron chi connectivity index (χ4n) is 2.48. The Morgan fingerprint density at radius 1 is 1.23 bits per heavy atom. The number of hydrogen-bond acceptors (Lipinski definition) is 4. The van der Waals surface area contributed by atoms with Crippen molar-refractivity contribution in [1.82, 2.24) is 4.57 Å². The van der Waals surface area contributed by atoms with E-state index in [1.165, 1.54) is 0 Å². The van der Waals surface area contributed by atoms with Gasteiger partial charge in [-0.05, 0) is 58.7 Å². The van der Waals surface area contributed by atoms with Crippen LogP contribution in [0.15, 0.2) is 55.6 Å². The zero-order chi connectivity index (χ0) is 18.8. The van der Waals surface area contributed by atoms with E-state index in [-0.39, 0.29) is 18.2 Å². The molecular formula is C18H15Br2N3O3. The number of aromatic hydroxyl groups is 1. The molecule has 0 fully saturated rings. The number of carbonyl (C=O) groups is 1. The third-order valence-electron chi connectivity index (χ3n) is 3.80. The van der Waals surface area contributed by atoms with Gasteiger partial charge in [0.1, 0.15) is 5.75 Å².